The predicted molar refractivity (Wildman–Crippen MR) is 61.7 cm³/mol. The summed E-state index contributed by atoms with van der Waals surface area (Å²) in [5.41, 5.74) is -1.23. The molecule has 0 bridgehead atoms. The first-order valence-corrected chi connectivity index (χ1v) is 5.47. The highest BCUT2D eigenvalue weighted by Crippen LogP contribution is 2.25. The maximum Gasteiger partial charge on any atom is 0.298 e. The first-order valence-electron chi connectivity index (χ1n) is 5.47. The third kappa shape index (κ3) is 1.78. The van der Waals surface area contributed by atoms with Gasteiger partial charge in [0.05, 0.1) is 11.1 Å². The minimum Gasteiger partial charge on any atom is -0.285 e. The lowest BCUT2D eigenvalue weighted by Crippen LogP contribution is -2.48. The van der Waals surface area contributed by atoms with Gasteiger partial charge in [-0.25, -0.2) is 0 Å². The predicted octanol–water partition coefficient (Wildman–Crippen LogP) is -1.93. The van der Waals surface area contributed by atoms with E-state index >= 15 is 0 Å². The number of rotatable bonds is 1. The average molecular weight is 276 g/mol. The maximum atomic E-state index is 11.8. The van der Waals surface area contributed by atoms with Crippen LogP contribution in [0.1, 0.15) is 13.8 Å². The van der Waals surface area contributed by atoms with Crippen LogP contribution < -0.4 is 10.6 Å². The third-order valence-electron chi connectivity index (χ3n) is 3.00. The number of ketones is 2. The number of hydrogen-bond acceptors (Lipinski definition) is 6. The Labute approximate surface area is 111 Å². The van der Waals surface area contributed by atoms with E-state index < -0.39 is 35.2 Å². The van der Waals surface area contributed by atoms with Crippen molar-refractivity contribution < 1.29 is 28.8 Å². The molecule has 2 heterocycles. The summed E-state index contributed by atoms with van der Waals surface area (Å²) in [4.78, 5) is 69.0. The van der Waals surface area contributed by atoms with Crippen molar-refractivity contribution in [1.82, 2.24) is 10.6 Å². The largest absolute Gasteiger partial charge is 0.298 e. The van der Waals surface area contributed by atoms with E-state index in [9.17, 15) is 28.8 Å². The Morgan fingerprint density at radius 1 is 0.550 bits per heavy atom. The zero-order valence-electron chi connectivity index (χ0n) is 10.4. The molecule has 2 aliphatic rings. The molecule has 4 amide bonds. The molecule has 0 aromatic rings. The zero-order chi connectivity index (χ0) is 15.2. The van der Waals surface area contributed by atoms with Crippen LogP contribution in [-0.4, -0.2) is 35.2 Å². The quantitative estimate of drug-likeness (QED) is 0.424. The fourth-order valence-corrected chi connectivity index (χ4v) is 1.96. The van der Waals surface area contributed by atoms with Crippen molar-refractivity contribution in [3.05, 3.63) is 22.3 Å². The summed E-state index contributed by atoms with van der Waals surface area (Å²) < 4.78 is 0. The minimum atomic E-state index is -1.10. The van der Waals surface area contributed by atoms with Crippen LogP contribution in [0.3, 0.4) is 0 Å². The van der Waals surface area contributed by atoms with Gasteiger partial charge in [-0.1, -0.05) is 0 Å². The number of carbonyl (C=O) groups is 6. The van der Waals surface area contributed by atoms with Gasteiger partial charge in [-0.05, 0) is 13.8 Å². The number of hydrogen-bond donors (Lipinski definition) is 2. The molecule has 2 rings (SSSR count). The Balaban J connectivity index is 2.71. The molecule has 2 N–H and O–H groups in total. The van der Waals surface area contributed by atoms with Gasteiger partial charge in [0.1, 0.15) is 0 Å². The summed E-state index contributed by atoms with van der Waals surface area (Å²) in [5.74, 6) is -6.08. The van der Waals surface area contributed by atoms with Gasteiger partial charge in [-0.15, -0.1) is 0 Å². The van der Waals surface area contributed by atoms with Gasteiger partial charge >= 0.3 is 0 Å². The fourth-order valence-electron chi connectivity index (χ4n) is 1.96. The molecule has 0 fully saturated rings. The molecule has 0 aliphatic carbocycles. The van der Waals surface area contributed by atoms with Crippen LogP contribution >= 0.6 is 0 Å². The smallest absolute Gasteiger partial charge is 0.285 e. The second-order valence-electron chi connectivity index (χ2n) is 4.22. The SMILES string of the molecule is CC1=C(C2=C(C)C(=O)C(=O)NC2=O)C(=O)NC(=O)C1=O. The maximum absolute atomic E-state index is 11.8. The molecule has 8 nitrogen and oxygen atoms in total. The molecule has 102 valence electrons. The molecule has 0 spiro atoms. The van der Waals surface area contributed by atoms with Crippen LogP contribution in [0, 0.1) is 0 Å². The zero-order valence-corrected chi connectivity index (χ0v) is 10.4. The molecular weight excluding hydrogens is 268 g/mol. The second-order valence-corrected chi connectivity index (χ2v) is 4.22. The van der Waals surface area contributed by atoms with Crippen LogP contribution in [0.25, 0.3) is 0 Å². The number of carbonyl (C=O) groups excluding carboxylic acids is 6. The van der Waals surface area contributed by atoms with Crippen LogP contribution in [0.15, 0.2) is 22.3 Å². The number of nitrogens with one attached hydrogen (secondary N) is 2. The average Bonchev–Trinajstić information content (AvgIpc) is 2.37. The van der Waals surface area contributed by atoms with E-state index in [0.29, 0.717) is 0 Å². The highest BCUT2D eigenvalue weighted by molar-refractivity contribution is 6.52. The first-order chi connectivity index (χ1) is 9.25. The van der Waals surface area contributed by atoms with E-state index in [4.69, 9.17) is 0 Å². The third-order valence-corrected chi connectivity index (χ3v) is 3.00. The molecule has 0 aromatic carbocycles. The highest BCUT2D eigenvalue weighted by atomic mass is 16.2. The number of Topliss-reactive ketones (excluding diaryl/α,β-unsaturated/α-hetero) is 2. The second kappa shape index (κ2) is 4.34. The Kier molecular flexibility index (Phi) is 2.93. The van der Waals surface area contributed by atoms with Crippen molar-refractivity contribution in [2.24, 2.45) is 0 Å². The molecule has 0 aromatic heterocycles. The Morgan fingerprint density at radius 2 is 0.850 bits per heavy atom. The summed E-state index contributed by atoms with van der Waals surface area (Å²) in [5, 5.41) is 3.56. The summed E-state index contributed by atoms with van der Waals surface area (Å²) in [6, 6.07) is 0. The van der Waals surface area contributed by atoms with Crippen molar-refractivity contribution in [2.75, 3.05) is 0 Å². The van der Waals surface area contributed by atoms with Crippen molar-refractivity contribution in [1.29, 1.82) is 0 Å². The lowest BCUT2D eigenvalue weighted by molar-refractivity contribution is -0.140. The molecule has 0 saturated carbocycles. The fraction of sp³-hybridized carbons (Fsp3) is 0.167. The lowest BCUT2D eigenvalue weighted by Gasteiger charge is -2.21. The summed E-state index contributed by atoms with van der Waals surface area (Å²) in [7, 11) is 0. The summed E-state index contributed by atoms with van der Waals surface area (Å²) >= 11 is 0. The first kappa shape index (κ1) is 13.5. The highest BCUT2D eigenvalue weighted by Gasteiger charge is 2.39. The van der Waals surface area contributed by atoms with E-state index in [1.165, 1.54) is 13.8 Å². The van der Waals surface area contributed by atoms with E-state index in [1.807, 2.05) is 0 Å². The van der Waals surface area contributed by atoms with Gasteiger partial charge in [0, 0.05) is 11.1 Å². The number of imide groups is 2. The molecule has 0 radical (unpaired) electrons. The van der Waals surface area contributed by atoms with Crippen LogP contribution in [0.4, 0.5) is 0 Å². The summed E-state index contributed by atoms with van der Waals surface area (Å²) in [6.45, 7) is 2.39. The van der Waals surface area contributed by atoms with Crippen LogP contribution in [0.2, 0.25) is 0 Å². The van der Waals surface area contributed by atoms with Crippen molar-refractivity contribution in [3.63, 3.8) is 0 Å². The topological polar surface area (TPSA) is 126 Å². The van der Waals surface area contributed by atoms with Crippen molar-refractivity contribution >= 4 is 35.2 Å². The van der Waals surface area contributed by atoms with Gasteiger partial charge in [0.2, 0.25) is 11.6 Å². The molecule has 20 heavy (non-hydrogen) atoms. The molecular formula is C12H8N2O6. The molecule has 2 aliphatic heterocycles. The molecule has 0 atom stereocenters. The van der Waals surface area contributed by atoms with Gasteiger partial charge in [-0.2, -0.15) is 0 Å². The van der Waals surface area contributed by atoms with Gasteiger partial charge in [0.15, 0.2) is 0 Å². The van der Waals surface area contributed by atoms with E-state index in [-0.39, 0.29) is 22.3 Å². The molecule has 8 heteroatoms. The molecule has 0 saturated heterocycles. The Morgan fingerprint density at radius 3 is 1.15 bits per heavy atom. The van der Waals surface area contributed by atoms with Crippen LogP contribution in [-0.2, 0) is 28.8 Å². The monoisotopic (exact) mass is 276 g/mol. The van der Waals surface area contributed by atoms with E-state index in [2.05, 4.69) is 0 Å². The van der Waals surface area contributed by atoms with Gasteiger partial charge in [-0.3, -0.25) is 39.4 Å². The normalized spacial score (nSPS) is 20.5. The Bertz CT molecular complexity index is 635. The minimum absolute atomic E-state index is 0.245. The summed E-state index contributed by atoms with van der Waals surface area (Å²) in [6.07, 6.45) is 0. The number of amides is 4. The lowest BCUT2D eigenvalue weighted by atomic mass is 9.87. The van der Waals surface area contributed by atoms with Gasteiger partial charge < -0.3 is 0 Å². The van der Waals surface area contributed by atoms with E-state index in [0.717, 1.165) is 0 Å². The van der Waals surface area contributed by atoms with Crippen LogP contribution in [0.5, 0.6) is 0 Å². The molecule has 0 unspecified atom stereocenters. The van der Waals surface area contributed by atoms with Crippen molar-refractivity contribution in [3.8, 4) is 0 Å². The van der Waals surface area contributed by atoms with Gasteiger partial charge in [0.25, 0.3) is 23.6 Å². The van der Waals surface area contributed by atoms with E-state index in [1.54, 1.807) is 10.6 Å². The standard InChI is InChI=1S/C12H8N2O6/c1-3-5(9(17)13-11(19)7(3)15)6-4(2)8(16)12(20)14-10(6)18/h1-2H3,(H,13,17,19)(H,14,18,20). The van der Waals surface area contributed by atoms with Crippen molar-refractivity contribution in [2.45, 2.75) is 13.8 Å². The Hall–Kier alpha value is -2.90.